The molecule has 1 aromatic rings. The van der Waals surface area contributed by atoms with Crippen LogP contribution < -0.4 is 10.6 Å². The van der Waals surface area contributed by atoms with E-state index in [1.807, 2.05) is 0 Å². The van der Waals surface area contributed by atoms with Crippen LogP contribution in [0.3, 0.4) is 0 Å². The molecule has 4 heteroatoms. The van der Waals surface area contributed by atoms with Crippen molar-refractivity contribution in [3.8, 4) is 0 Å². The fourth-order valence-corrected chi connectivity index (χ4v) is 7.97. The van der Waals surface area contributed by atoms with E-state index < -0.39 is 0 Å². The van der Waals surface area contributed by atoms with Gasteiger partial charge in [0.1, 0.15) is 0 Å². The van der Waals surface area contributed by atoms with Gasteiger partial charge < -0.3 is 15.4 Å². The van der Waals surface area contributed by atoms with Crippen LogP contribution >= 0.6 is 0 Å². The van der Waals surface area contributed by atoms with Crippen molar-refractivity contribution in [1.29, 1.82) is 0 Å². The van der Waals surface area contributed by atoms with Crippen molar-refractivity contribution >= 4 is 5.91 Å². The first-order valence-corrected chi connectivity index (χ1v) is 12.0. The average Bonchev–Trinajstić information content (AvgIpc) is 3.08. The van der Waals surface area contributed by atoms with Gasteiger partial charge in [0.05, 0.1) is 12.0 Å². The van der Waals surface area contributed by atoms with Gasteiger partial charge in [-0.3, -0.25) is 4.79 Å². The molecule has 4 bridgehead atoms. The molecule has 3 unspecified atom stereocenters. The Hall–Kier alpha value is -1.39. The molecule has 2 N–H and O–H groups in total. The molecule has 0 spiro atoms. The predicted octanol–water partition coefficient (Wildman–Crippen LogP) is 4.05. The molecule has 4 saturated carbocycles. The van der Waals surface area contributed by atoms with Gasteiger partial charge >= 0.3 is 0 Å². The van der Waals surface area contributed by atoms with Gasteiger partial charge in [0, 0.05) is 24.6 Å². The number of piperidine rings is 1. The number of rotatable bonds is 6. The van der Waals surface area contributed by atoms with Crippen molar-refractivity contribution in [1.82, 2.24) is 10.6 Å². The molecule has 5 atom stereocenters. The van der Waals surface area contributed by atoms with Crippen LogP contribution in [0.2, 0.25) is 0 Å². The second-order valence-corrected chi connectivity index (χ2v) is 11.5. The molecule has 4 nitrogen and oxygen atoms in total. The number of amides is 1. The number of hydrogen-bond donors (Lipinski definition) is 2. The highest BCUT2D eigenvalue weighted by atomic mass is 16.5. The molecule has 0 aromatic heterocycles. The standard InChI is InChI=1S/C26H38N2O2/c1-4-30-18-25-13-19-12-24(15-25,20-8-6-5-7-9-20)16-26(25,14-19)22(29)28-21-10-11-27-17-23(21,2)3/h5-9,19,21,27H,4,10-18H2,1-3H3,(H,28,29)/t19?,21?,24-,25-,26?/m1/s1. The number of carbonyl (C=O) groups is 1. The van der Waals surface area contributed by atoms with E-state index in [2.05, 4.69) is 61.7 Å². The highest BCUT2D eigenvalue weighted by molar-refractivity contribution is 5.86. The Morgan fingerprint density at radius 3 is 2.70 bits per heavy atom. The molecule has 1 heterocycles. The first-order valence-electron chi connectivity index (χ1n) is 12.0. The van der Waals surface area contributed by atoms with Crippen molar-refractivity contribution in [2.45, 2.75) is 70.8 Å². The van der Waals surface area contributed by atoms with Crippen LogP contribution in [0.5, 0.6) is 0 Å². The fourth-order valence-electron chi connectivity index (χ4n) is 7.97. The highest BCUT2D eigenvalue weighted by Crippen LogP contribution is 2.76. The van der Waals surface area contributed by atoms with Gasteiger partial charge in [-0.25, -0.2) is 0 Å². The van der Waals surface area contributed by atoms with E-state index in [4.69, 9.17) is 4.74 Å². The van der Waals surface area contributed by atoms with E-state index in [1.165, 1.54) is 12.0 Å². The van der Waals surface area contributed by atoms with E-state index in [0.717, 1.165) is 58.4 Å². The maximum absolute atomic E-state index is 14.1. The molecule has 164 valence electrons. The molecule has 0 radical (unpaired) electrons. The topological polar surface area (TPSA) is 50.4 Å². The summed E-state index contributed by atoms with van der Waals surface area (Å²) in [5.74, 6) is 0.960. The zero-order valence-corrected chi connectivity index (χ0v) is 18.9. The van der Waals surface area contributed by atoms with Crippen LogP contribution in [0.4, 0.5) is 0 Å². The lowest BCUT2D eigenvalue weighted by Crippen LogP contribution is -2.58. The first-order chi connectivity index (χ1) is 14.3. The summed E-state index contributed by atoms with van der Waals surface area (Å²) < 4.78 is 6.09. The summed E-state index contributed by atoms with van der Waals surface area (Å²) in [7, 11) is 0. The van der Waals surface area contributed by atoms with Gasteiger partial charge in [0.2, 0.25) is 5.91 Å². The van der Waals surface area contributed by atoms with Gasteiger partial charge in [0.25, 0.3) is 0 Å². The molecule has 1 aromatic carbocycles. The average molecular weight is 411 g/mol. The zero-order valence-electron chi connectivity index (χ0n) is 18.9. The minimum absolute atomic E-state index is 0.0110. The predicted molar refractivity (Wildman–Crippen MR) is 119 cm³/mol. The third-order valence-corrected chi connectivity index (χ3v) is 9.17. The number of hydrogen-bond acceptors (Lipinski definition) is 3. The first kappa shape index (κ1) is 20.5. The summed E-state index contributed by atoms with van der Waals surface area (Å²) in [5, 5.41) is 7.09. The molecule has 6 rings (SSSR count). The Morgan fingerprint density at radius 1 is 1.17 bits per heavy atom. The Bertz CT molecular complexity index is 809. The van der Waals surface area contributed by atoms with Gasteiger partial charge in [0.15, 0.2) is 0 Å². The van der Waals surface area contributed by atoms with Gasteiger partial charge in [-0.1, -0.05) is 44.2 Å². The smallest absolute Gasteiger partial charge is 0.227 e. The summed E-state index contributed by atoms with van der Waals surface area (Å²) in [6.45, 7) is 10.0. The van der Waals surface area contributed by atoms with Crippen LogP contribution in [-0.4, -0.2) is 38.3 Å². The third kappa shape index (κ3) is 2.90. The second kappa shape index (κ2) is 7.06. The SMILES string of the molecule is CCOC[C@]12CC3CC1(C(=O)NC1CCNCC1(C)C)C[C@@](c1ccccc1)(C3)C2. The molecular formula is C26H38N2O2. The molecule has 5 aliphatic rings. The van der Waals surface area contributed by atoms with Crippen molar-refractivity contribution < 1.29 is 9.53 Å². The Balaban J connectivity index is 1.50. The second-order valence-electron chi connectivity index (χ2n) is 11.5. The molecule has 5 fully saturated rings. The summed E-state index contributed by atoms with van der Waals surface area (Å²) >= 11 is 0. The summed E-state index contributed by atoms with van der Waals surface area (Å²) in [6, 6.07) is 11.3. The molecule has 30 heavy (non-hydrogen) atoms. The lowest BCUT2D eigenvalue weighted by Gasteiger charge is -2.44. The summed E-state index contributed by atoms with van der Waals surface area (Å²) in [4.78, 5) is 14.1. The molecular weight excluding hydrogens is 372 g/mol. The fraction of sp³-hybridized carbons (Fsp3) is 0.731. The molecule has 1 saturated heterocycles. The summed E-state index contributed by atoms with van der Waals surface area (Å²) in [5.41, 5.74) is 1.38. The number of ether oxygens (including phenoxy) is 1. The van der Waals surface area contributed by atoms with Crippen LogP contribution in [0.15, 0.2) is 30.3 Å². The van der Waals surface area contributed by atoms with Gasteiger partial charge in [-0.15, -0.1) is 0 Å². The minimum Gasteiger partial charge on any atom is -0.381 e. The van der Waals surface area contributed by atoms with Crippen molar-refractivity contribution in [2.24, 2.45) is 22.2 Å². The highest BCUT2D eigenvalue weighted by Gasteiger charge is 2.74. The zero-order chi connectivity index (χ0) is 21.0. The van der Waals surface area contributed by atoms with Crippen molar-refractivity contribution in [3.05, 3.63) is 35.9 Å². The number of carbonyl (C=O) groups excluding carboxylic acids is 1. The molecule has 1 aliphatic heterocycles. The summed E-state index contributed by atoms with van der Waals surface area (Å²) in [6.07, 6.45) is 6.55. The maximum atomic E-state index is 14.1. The molecule has 1 amide bonds. The Labute approximate surface area is 181 Å². The largest absolute Gasteiger partial charge is 0.381 e. The molecule has 4 aliphatic carbocycles. The van der Waals surface area contributed by atoms with Crippen LogP contribution in [0, 0.1) is 22.2 Å². The van der Waals surface area contributed by atoms with E-state index in [-0.39, 0.29) is 27.7 Å². The quantitative estimate of drug-likeness (QED) is 0.744. The lowest BCUT2D eigenvalue weighted by molar-refractivity contribution is -0.140. The van der Waals surface area contributed by atoms with E-state index >= 15 is 0 Å². The normalized spacial score (nSPS) is 41.2. The van der Waals surface area contributed by atoms with E-state index in [1.54, 1.807) is 0 Å². The Kier molecular flexibility index (Phi) is 4.83. The third-order valence-electron chi connectivity index (χ3n) is 9.17. The van der Waals surface area contributed by atoms with Gasteiger partial charge in [-0.05, 0) is 74.3 Å². The van der Waals surface area contributed by atoms with Gasteiger partial charge in [-0.2, -0.15) is 0 Å². The van der Waals surface area contributed by atoms with E-state index in [0.29, 0.717) is 11.8 Å². The Morgan fingerprint density at radius 2 is 1.97 bits per heavy atom. The van der Waals surface area contributed by atoms with Crippen LogP contribution in [0.1, 0.15) is 64.9 Å². The van der Waals surface area contributed by atoms with Crippen LogP contribution in [0.25, 0.3) is 0 Å². The lowest BCUT2D eigenvalue weighted by atomic mass is 9.63. The van der Waals surface area contributed by atoms with Crippen LogP contribution in [-0.2, 0) is 14.9 Å². The monoisotopic (exact) mass is 410 g/mol. The minimum atomic E-state index is -0.276. The maximum Gasteiger partial charge on any atom is 0.227 e. The number of nitrogens with one attached hydrogen (secondary N) is 2. The van der Waals surface area contributed by atoms with Crippen molar-refractivity contribution in [2.75, 3.05) is 26.3 Å². The van der Waals surface area contributed by atoms with E-state index in [9.17, 15) is 4.79 Å². The number of benzene rings is 1. The van der Waals surface area contributed by atoms with Crippen molar-refractivity contribution in [3.63, 3.8) is 0 Å².